The minimum absolute atomic E-state index is 0.00828. The van der Waals surface area contributed by atoms with Crippen molar-refractivity contribution in [3.05, 3.63) is 34.9 Å². The molecular weight excluding hydrogens is 349 g/mol. The Bertz CT molecular complexity index is 696. The maximum absolute atomic E-state index is 12.7. The molecule has 1 aromatic rings. The van der Waals surface area contributed by atoms with Gasteiger partial charge in [-0.2, -0.15) is 13.2 Å². The van der Waals surface area contributed by atoms with Crippen LogP contribution in [0.4, 0.5) is 18.0 Å². The molecule has 0 fully saturated rings. The van der Waals surface area contributed by atoms with E-state index in [9.17, 15) is 22.8 Å². The number of nitrogens with two attached hydrogens (primary N) is 1. The number of primary amides is 1. The smallest absolute Gasteiger partial charge is 0.441 e. The molecule has 1 heterocycles. The van der Waals surface area contributed by atoms with Crippen molar-refractivity contribution < 1.29 is 27.5 Å². The van der Waals surface area contributed by atoms with Crippen LogP contribution in [0.2, 0.25) is 0 Å². The predicted molar refractivity (Wildman–Crippen MR) is 89.3 cm³/mol. The zero-order valence-electron chi connectivity index (χ0n) is 15.0. The molecule has 2 amide bonds. The molecule has 1 aliphatic rings. The SMILES string of the molecule is CC(C)(C)C(OC(N)=O)c1ccc2c(c1)CCN(C(=O)C(F)(F)F)CC2. The van der Waals surface area contributed by atoms with Crippen LogP contribution in [-0.4, -0.2) is 36.2 Å². The molecule has 1 unspecified atom stereocenters. The van der Waals surface area contributed by atoms with Crippen LogP contribution in [0.3, 0.4) is 0 Å². The van der Waals surface area contributed by atoms with Gasteiger partial charge < -0.3 is 15.4 Å². The average molecular weight is 372 g/mol. The predicted octanol–water partition coefficient (Wildman–Crippen LogP) is 3.36. The van der Waals surface area contributed by atoms with E-state index in [4.69, 9.17) is 10.5 Å². The third-order valence-electron chi connectivity index (χ3n) is 4.39. The molecule has 8 heteroatoms. The highest BCUT2D eigenvalue weighted by Crippen LogP contribution is 2.37. The van der Waals surface area contributed by atoms with Gasteiger partial charge in [-0.25, -0.2) is 4.79 Å². The van der Waals surface area contributed by atoms with Gasteiger partial charge in [0, 0.05) is 18.5 Å². The Kier molecular flexibility index (Phi) is 5.53. The van der Waals surface area contributed by atoms with Gasteiger partial charge in [-0.3, -0.25) is 4.79 Å². The molecule has 0 radical (unpaired) electrons. The Morgan fingerprint density at radius 2 is 1.69 bits per heavy atom. The monoisotopic (exact) mass is 372 g/mol. The number of halogens is 3. The maximum atomic E-state index is 12.7. The Balaban J connectivity index is 2.26. The third-order valence-corrected chi connectivity index (χ3v) is 4.39. The number of carbonyl (C=O) groups excluding carboxylic acids is 2. The van der Waals surface area contributed by atoms with E-state index >= 15 is 0 Å². The number of rotatable bonds is 2. The Morgan fingerprint density at radius 1 is 1.12 bits per heavy atom. The van der Waals surface area contributed by atoms with Crippen molar-refractivity contribution in [2.24, 2.45) is 11.1 Å². The molecule has 0 spiro atoms. The fourth-order valence-electron chi connectivity index (χ4n) is 3.15. The quantitative estimate of drug-likeness (QED) is 0.865. The molecule has 1 aliphatic heterocycles. The number of alkyl halides is 3. The highest BCUT2D eigenvalue weighted by atomic mass is 19.4. The Morgan fingerprint density at radius 3 is 2.19 bits per heavy atom. The average Bonchev–Trinajstić information content (AvgIpc) is 2.71. The van der Waals surface area contributed by atoms with E-state index < -0.39 is 29.7 Å². The standard InChI is InChI=1S/C18H23F3N2O3/c1-17(2,3)14(26-16(22)25)13-5-4-11-6-8-23(9-7-12(11)10-13)15(24)18(19,20)21/h4-5,10,14H,6-9H2,1-3H3,(H2,22,25). The lowest BCUT2D eigenvalue weighted by Crippen LogP contribution is -2.42. The van der Waals surface area contributed by atoms with Crippen molar-refractivity contribution in [2.75, 3.05) is 13.1 Å². The fraction of sp³-hybridized carbons (Fsp3) is 0.556. The summed E-state index contributed by atoms with van der Waals surface area (Å²) in [6.45, 7) is 5.71. The normalized spacial score (nSPS) is 16.5. The highest BCUT2D eigenvalue weighted by molar-refractivity contribution is 5.82. The summed E-state index contributed by atoms with van der Waals surface area (Å²) in [6, 6.07) is 5.43. The number of nitrogens with zero attached hydrogens (tertiary/aromatic N) is 1. The lowest BCUT2D eigenvalue weighted by Gasteiger charge is -2.30. The van der Waals surface area contributed by atoms with Crippen LogP contribution in [-0.2, 0) is 22.4 Å². The minimum atomic E-state index is -4.87. The Hall–Kier alpha value is -2.25. The van der Waals surface area contributed by atoms with Crippen LogP contribution in [0.25, 0.3) is 0 Å². The molecule has 0 aromatic heterocycles. The number of hydrogen-bond acceptors (Lipinski definition) is 3. The van der Waals surface area contributed by atoms with Gasteiger partial charge in [-0.15, -0.1) is 0 Å². The number of fused-ring (bicyclic) bond motifs is 1. The van der Waals surface area contributed by atoms with Crippen molar-refractivity contribution in [2.45, 2.75) is 45.9 Å². The number of carbonyl (C=O) groups is 2. The molecular formula is C18H23F3N2O3. The lowest BCUT2D eigenvalue weighted by atomic mass is 9.83. The zero-order chi connectivity index (χ0) is 19.7. The second-order valence-electron chi connectivity index (χ2n) is 7.50. The van der Waals surface area contributed by atoms with E-state index in [1.54, 1.807) is 6.07 Å². The molecule has 5 nitrogen and oxygen atoms in total. The number of hydrogen-bond donors (Lipinski definition) is 1. The van der Waals surface area contributed by atoms with Gasteiger partial charge in [0.25, 0.3) is 0 Å². The van der Waals surface area contributed by atoms with E-state index in [0.29, 0.717) is 12.8 Å². The van der Waals surface area contributed by atoms with Gasteiger partial charge in [0.15, 0.2) is 0 Å². The summed E-state index contributed by atoms with van der Waals surface area (Å²) in [5.74, 6) is -1.81. The third kappa shape index (κ3) is 4.68. The van der Waals surface area contributed by atoms with Crippen molar-refractivity contribution >= 4 is 12.0 Å². The fourth-order valence-corrected chi connectivity index (χ4v) is 3.15. The molecule has 1 atom stereocenters. The van der Waals surface area contributed by atoms with Gasteiger partial charge in [0.1, 0.15) is 6.10 Å². The summed E-state index contributed by atoms with van der Waals surface area (Å²) in [5.41, 5.74) is 7.22. The summed E-state index contributed by atoms with van der Waals surface area (Å²) < 4.78 is 43.3. The largest absolute Gasteiger partial charge is 0.471 e. The van der Waals surface area contributed by atoms with Crippen molar-refractivity contribution in [1.82, 2.24) is 4.90 Å². The second kappa shape index (κ2) is 7.17. The second-order valence-corrected chi connectivity index (χ2v) is 7.50. The molecule has 1 aromatic carbocycles. The summed E-state index contributed by atoms with van der Waals surface area (Å²) in [7, 11) is 0. The van der Waals surface area contributed by atoms with Gasteiger partial charge in [-0.05, 0) is 29.5 Å². The lowest BCUT2D eigenvalue weighted by molar-refractivity contribution is -0.185. The number of amides is 2. The summed E-state index contributed by atoms with van der Waals surface area (Å²) in [4.78, 5) is 23.5. The van der Waals surface area contributed by atoms with E-state index in [1.807, 2.05) is 32.9 Å². The zero-order valence-corrected chi connectivity index (χ0v) is 15.0. The van der Waals surface area contributed by atoms with Crippen LogP contribution < -0.4 is 5.73 Å². The molecule has 26 heavy (non-hydrogen) atoms. The van der Waals surface area contributed by atoms with Crippen LogP contribution >= 0.6 is 0 Å². The molecule has 144 valence electrons. The molecule has 0 aliphatic carbocycles. The first-order valence-corrected chi connectivity index (χ1v) is 8.33. The number of ether oxygens (including phenoxy) is 1. The van der Waals surface area contributed by atoms with E-state index in [0.717, 1.165) is 21.6 Å². The van der Waals surface area contributed by atoms with E-state index in [1.165, 1.54) is 0 Å². The van der Waals surface area contributed by atoms with Crippen LogP contribution in [0.5, 0.6) is 0 Å². The van der Waals surface area contributed by atoms with Crippen LogP contribution in [0.1, 0.15) is 43.6 Å². The first-order chi connectivity index (χ1) is 11.9. The summed E-state index contributed by atoms with van der Waals surface area (Å²) in [6.07, 6.45) is -5.69. The summed E-state index contributed by atoms with van der Waals surface area (Å²) >= 11 is 0. The van der Waals surface area contributed by atoms with Gasteiger partial charge >= 0.3 is 18.2 Å². The first kappa shape index (κ1) is 20.1. The van der Waals surface area contributed by atoms with Gasteiger partial charge in [0.05, 0.1) is 0 Å². The molecule has 2 rings (SSSR count). The summed E-state index contributed by atoms with van der Waals surface area (Å²) in [5, 5.41) is 0. The van der Waals surface area contributed by atoms with Gasteiger partial charge in [0.2, 0.25) is 0 Å². The molecule has 0 saturated carbocycles. The number of benzene rings is 1. The minimum Gasteiger partial charge on any atom is -0.441 e. The Labute approximate surface area is 150 Å². The van der Waals surface area contributed by atoms with Crippen molar-refractivity contribution in [3.63, 3.8) is 0 Å². The van der Waals surface area contributed by atoms with E-state index in [-0.39, 0.29) is 13.1 Å². The topological polar surface area (TPSA) is 72.6 Å². The molecule has 0 saturated heterocycles. The van der Waals surface area contributed by atoms with Crippen LogP contribution in [0.15, 0.2) is 18.2 Å². The molecule has 0 bridgehead atoms. The van der Waals surface area contributed by atoms with Crippen molar-refractivity contribution in [1.29, 1.82) is 0 Å². The van der Waals surface area contributed by atoms with E-state index in [2.05, 4.69) is 0 Å². The maximum Gasteiger partial charge on any atom is 0.471 e. The first-order valence-electron chi connectivity index (χ1n) is 8.33. The highest BCUT2D eigenvalue weighted by Gasteiger charge is 2.42. The van der Waals surface area contributed by atoms with Gasteiger partial charge in [-0.1, -0.05) is 39.0 Å². The molecule has 2 N–H and O–H groups in total. The van der Waals surface area contributed by atoms with Crippen molar-refractivity contribution in [3.8, 4) is 0 Å². The van der Waals surface area contributed by atoms with Crippen LogP contribution in [0, 0.1) is 5.41 Å².